The van der Waals surface area contributed by atoms with Gasteiger partial charge >= 0.3 is 5.97 Å². The zero-order valence-electron chi connectivity index (χ0n) is 16.9. The summed E-state index contributed by atoms with van der Waals surface area (Å²) in [5, 5.41) is 6.72. The second kappa shape index (κ2) is 8.84. The number of nitrogens with zero attached hydrogens (tertiary/aromatic N) is 2. The van der Waals surface area contributed by atoms with Gasteiger partial charge in [-0.15, -0.1) is 0 Å². The molecule has 3 rings (SSSR count). The van der Waals surface area contributed by atoms with Crippen LogP contribution in [0.15, 0.2) is 35.4 Å². The van der Waals surface area contributed by atoms with Gasteiger partial charge in [0.2, 0.25) is 10.0 Å². The van der Waals surface area contributed by atoms with Gasteiger partial charge in [-0.25, -0.2) is 22.6 Å². The molecule has 1 saturated carbocycles. The average molecular weight is 436 g/mol. The largest absolute Gasteiger partial charge is 0.495 e. The number of aromatic nitrogens is 2. The first kappa shape index (κ1) is 21.8. The van der Waals surface area contributed by atoms with Crippen LogP contribution in [0.4, 0.5) is 5.82 Å². The minimum atomic E-state index is -3.85. The summed E-state index contributed by atoms with van der Waals surface area (Å²) >= 11 is 0. The Hall–Kier alpha value is -2.92. The second-order valence-corrected chi connectivity index (χ2v) is 8.82. The Balaban J connectivity index is 1.67. The van der Waals surface area contributed by atoms with Crippen molar-refractivity contribution < 1.29 is 27.5 Å². The van der Waals surface area contributed by atoms with Crippen molar-refractivity contribution in [2.75, 3.05) is 19.0 Å². The molecule has 1 heterocycles. The molecule has 30 heavy (non-hydrogen) atoms. The van der Waals surface area contributed by atoms with Crippen LogP contribution in [0.3, 0.4) is 0 Å². The van der Waals surface area contributed by atoms with Crippen LogP contribution in [0.5, 0.6) is 5.75 Å². The molecule has 1 aliphatic carbocycles. The number of hydrogen-bond acceptors (Lipinski definition) is 7. The summed E-state index contributed by atoms with van der Waals surface area (Å²) in [5.74, 6) is -0.773. The SMILES string of the molecule is COc1ccc(C(=O)OCC(=O)Nc2ccnn2C(C)C)cc1S(=O)(=O)NC1CC1. The van der Waals surface area contributed by atoms with Crippen molar-refractivity contribution >= 4 is 27.7 Å². The molecule has 0 aliphatic heterocycles. The molecule has 0 spiro atoms. The van der Waals surface area contributed by atoms with Crippen LogP contribution < -0.4 is 14.8 Å². The summed E-state index contributed by atoms with van der Waals surface area (Å²) in [6.07, 6.45) is 3.10. The van der Waals surface area contributed by atoms with Gasteiger partial charge in [-0.2, -0.15) is 5.10 Å². The second-order valence-electron chi connectivity index (χ2n) is 7.14. The molecule has 0 radical (unpaired) electrons. The molecule has 2 N–H and O–H groups in total. The first-order valence-electron chi connectivity index (χ1n) is 9.42. The highest BCUT2D eigenvalue weighted by atomic mass is 32.2. The van der Waals surface area contributed by atoms with E-state index in [1.54, 1.807) is 16.9 Å². The number of ether oxygens (including phenoxy) is 2. The average Bonchev–Trinajstić information content (AvgIpc) is 3.38. The number of sulfonamides is 1. The lowest BCUT2D eigenvalue weighted by Crippen LogP contribution is -2.26. The molecule has 1 aromatic carbocycles. The Morgan fingerprint density at radius 3 is 2.63 bits per heavy atom. The van der Waals surface area contributed by atoms with E-state index in [1.807, 2.05) is 13.8 Å². The third kappa shape index (κ3) is 5.16. The van der Waals surface area contributed by atoms with Gasteiger partial charge in [0.1, 0.15) is 16.5 Å². The van der Waals surface area contributed by atoms with Gasteiger partial charge in [0.25, 0.3) is 5.91 Å². The fraction of sp³-hybridized carbons (Fsp3) is 0.421. The van der Waals surface area contributed by atoms with Gasteiger partial charge < -0.3 is 14.8 Å². The first-order chi connectivity index (χ1) is 14.2. The molecule has 1 aliphatic rings. The quantitative estimate of drug-likeness (QED) is 0.573. The van der Waals surface area contributed by atoms with Crippen LogP contribution in [-0.4, -0.2) is 49.8 Å². The van der Waals surface area contributed by atoms with Crippen LogP contribution in [0, 0.1) is 0 Å². The molecular weight excluding hydrogens is 412 g/mol. The van der Waals surface area contributed by atoms with Crippen molar-refractivity contribution in [1.82, 2.24) is 14.5 Å². The normalized spacial score (nSPS) is 13.9. The van der Waals surface area contributed by atoms with Crippen LogP contribution >= 0.6 is 0 Å². The van der Waals surface area contributed by atoms with E-state index in [1.165, 1.54) is 25.3 Å². The number of esters is 1. The Morgan fingerprint density at radius 2 is 2.00 bits per heavy atom. The van der Waals surface area contributed by atoms with Crippen LogP contribution in [0.1, 0.15) is 43.1 Å². The molecule has 0 unspecified atom stereocenters. The summed E-state index contributed by atoms with van der Waals surface area (Å²) in [5.41, 5.74) is -0.00741. The molecule has 1 fully saturated rings. The molecule has 0 bridgehead atoms. The molecule has 2 aromatic rings. The van der Waals surface area contributed by atoms with Gasteiger partial charge in [-0.3, -0.25) is 4.79 Å². The maximum Gasteiger partial charge on any atom is 0.338 e. The minimum absolute atomic E-state index is 0.00741. The summed E-state index contributed by atoms with van der Waals surface area (Å²) in [6, 6.07) is 5.51. The number of rotatable bonds is 9. The lowest BCUT2D eigenvalue weighted by molar-refractivity contribution is -0.119. The maximum absolute atomic E-state index is 12.6. The molecule has 162 valence electrons. The highest BCUT2D eigenvalue weighted by Gasteiger charge is 2.30. The van der Waals surface area contributed by atoms with E-state index in [4.69, 9.17) is 9.47 Å². The van der Waals surface area contributed by atoms with Crippen molar-refractivity contribution in [3.63, 3.8) is 0 Å². The number of amides is 1. The van der Waals surface area contributed by atoms with Gasteiger partial charge in [0, 0.05) is 18.2 Å². The van der Waals surface area contributed by atoms with E-state index in [9.17, 15) is 18.0 Å². The third-order valence-electron chi connectivity index (χ3n) is 4.35. The third-order valence-corrected chi connectivity index (χ3v) is 5.89. The Bertz CT molecular complexity index is 1040. The molecule has 0 saturated heterocycles. The summed E-state index contributed by atoms with van der Waals surface area (Å²) in [6.45, 7) is 3.29. The molecule has 1 amide bonds. The van der Waals surface area contributed by atoms with Crippen molar-refractivity contribution in [1.29, 1.82) is 0 Å². The van der Waals surface area contributed by atoms with Crippen molar-refractivity contribution in [2.24, 2.45) is 0 Å². The van der Waals surface area contributed by atoms with E-state index < -0.39 is 28.5 Å². The highest BCUT2D eigenvalue weighted by Crippen LogP contribution is 2.28. The molecule has 11 heteroatoms. The number of anilines is 1. The van der Waals surface area contributed by atoms with Gasteiger partial charge in [0.05, 0.1) is 18.9 Å². The Morgan fingerprint density at radius 1 is 1.27 bits per heavy atom. The summed E-state index contributed by atoms with van der Waals surface area (Å²) < 4.78 is 39.4. The lowest BCUT2D eigenvalue weighted by atomic mass is 10.2. The van der Waals surface area contributed by atoms with Crippen LogP contribution in [0.25, 0.3) is 0 Å². The van der Waals surface area contributed by atoms with Crippen molar-refractivity contribution in [3.8, 4) is 5.75 Å². The number of benzene rings is 1. The maximum atomic E-state index is 12.6. The van der Waals surface area contributed by atoms with Crippen LogP contribution in [0.2, 0.25) is 0 Å². The standard InChI is InChI=1S/C19H24N4O6S/c1-12(2)23-17(8-9-20-23)21-18(24)11-29-19(25)13-4-7-15(28-3)16(10-13)30(26,27)22-14-5-6-14/h4,7-10,12,14,22H,5-6,11H2,1-3H3,(H,21,24). The Kier molecular flexibility index (Phi) is 6.42. The fourth-order valence-electron chi connectivity index (χ4n) is 2.72. The number of methoxy groups -OCH3 is 1. The van der Waals surface area contributed by atoms with Gasteiger partial charge in [-0.05, 0) is 44.9 Å². The minimum Gasteiger partial charge on any atom is -0.495 e. The number of hydrogen-bond donors (Lipinski definition) is 2. The predicted molar refractivity (Wildman–Crippen MR) is 108 cm³/mol. The number of carbonyl (C=O) groups is 2. The number of nitrogens with one attached hydrogen (secondary N) is 2. The van der Waals surface area contributed by atoms with E-state index in [2.05, 4.69) is 15.1 Å². The Labute approximate surface area is 174 Å². The highest BCUT2D eigenvalue weighted by molar-refractivity contribution is 7.89. The first-order valence-corrected chi connectivity index (χ1v) is 10.9. The summed E-state index contributed by atoms with van der Waals surface area (Å²) in [7, 11) is -2.50. The number of carbonyl (C=O) groups excluding carboxylic acids is 2. The smallest absolute Gasteiger partial charge is 0.338 e. The van der Waals surface area contributed by atoms with Gasteiger partial charge in [-0.1, -0.05) is 0 Å². The fourth-order valence-corrected chi connectivity index (χ4v) is 4.22. The monoisotopic (exact) mass is 436 g/mol. The predicted octanol–water partition coefficient (Wildman–Crippen LogP) is 1.71. The molecule has 10 nitrogen and oxygen atoms in total. The van der Waals surface area contributed by atoms with Crippen LogP contribution in [-0.2, 0) is 19.6 Å². The molecular formula is C19H24N4O6S. The topological polar surface area (TPSA) is 129 Å². The van der Waals surface area contributed by atoms with E-state index in [0.29, 0.717) is 5.82 Å². The van der Waals surface area contributed by atoms with Crippen molar-refractivity contribution in [2.45, 2.75) is 43.7 Å². The van der Waals surface area contributed by atoms with Crippen molar-refractivity contribution in [3.05, 3.63) is 36.0 Å². The van der Waals surface area contributed by atoms with E-state index in [-0.39, 0.29) is 28.3 Å². The molecule has 1 aromatic heterocycles. The van der Waals surface area contributed by atoms with E-state index >= 15 is 0 Å². The van der Waals surface area contributed by atoms with E-state index in [0.717, 1.165) is 12.8 Å². The zero-order valence-corrected chi connectivity index (χ0v) is 17.7. The lowest BCUT2D eigenvalue weighted by Gasteiger charge is -2.13. The molecule has 0 atom stereocenters. The zero-order chi connectivity index (χ0) is 21.9. The van der Waals surface area contributed by atoms with Gasteiger partial charge in [0.15, 0.2) is 6.61 Å². The summed E-state index contributed by atoms with van der Waals surface area (Å²) in [4.78, 5) is 24.3.